The molecule has 0 spiro atoms. The zero-order valence-electron chi connectivity index (χ0n) is 8.92. The highest BCUT2D eigenvalue weighted by molar-refractivity contribution is 5.29. The van der Waals surface area contributed by atoms with Gasteiger partial charge in [-0.15, -0.1) is 0 Å². The van der Waals surface area contributed by atoms with E-state index in [1.165, 1.54) is 12.4 Å². The van der Waals surface area contributed by atoms with E-state index in [0.29, 0.717) is 11.3 Å². The third kappa shape index (κ3) is 2.55. The summed E-state index contributed by atoms with van der Waals surface area (Å²) in [5.74, 6) is 0.705. The van der Waals surface area contributed by atoms with Crippen LogP contribution in [-0.4, -0.2) is 15.1 Å². The Bertz CT molecular complexity index is 469. The zero-order valence-corrected chi connectivity index (χ0v) is 8.92. The third-order valence-corrected chi connectivity index (χ3v) is 2.06. The normalized spacial score (nSPS) is 10.1. The number of nitrogens with zero attached hydrogens (tertiary/aromatic N) is 2. The maximum atomic E-state index is 8.83. The molecule has 4 heteroatoms. The lowest BCUT2D eigenvalue weighted by atomic mass is 10.2. The van der Waals surface area contributed by atoms with E-state index in [4.69, 9.17) is 9.84 Å². The minimum atomic E-state index is -0.0648. The van der Waals surface area contributed by atoms with Crippen LogP contribution in [0.2, 0.25) is 0 Å². The number of aliphatic hydroxyl groups is 1. The summed E-state index contributed by atoms with van der Waals surface area (Å²) in [5.41, 5.74) is 1.78. The Morgan fingerprint density at radius 3 is 2.62 bits per heavy atom. The van der Waals surface area contributed by atoms with E-state index in [9.17, 15) is 0 Å². The highest BCUT2D eigenvalue weighted by Crippen LogP contribution is 2.18. The van der Waals surface area contributed by atoms with Gasteiger partial charge in [0.05, 0.1) is 6.61 Å². The second kappa shape index (κ2) is 4.72. The summed E-state index contributed by atoms with van der Waals surface area (Å²) < 4.78 is 5.45. The van der Waals surface area contributed by atoms with E-state index in [0.717, 1.165) is 5.56 Å². The van der Waals surface area contributed by atoms with Crippen LogP contribution in [0.15, 0.2) is 36.7 Å². The lowest BCUT2D eigenvalue weighted by Gasteiger charge is -2.04. The molecule has 0 radical (unpaired) electrons. The van der Waals surface area contributed by atoms with Gasteiger partial charge in [-0.25, -0.2) is 9.97 Å². The van der Waals surface area contributed by atoms with Gasteiger partial charge in [0, 0.05) is 18.0 Å². The highest BCUT2D eigenvalue weighted by Gasteiger charge is 2.00. The molecule has 4 nitrogen and oxygen atoms in total. The van der Waals surface area contributed by atoms with E-state index in [2.05, 4.69) is 9.97 Å². The van der Waals surface area contributed by atoms with E-state index >= 15 is 0 Å². The van der Waals surface area contributed by atoms with Crippen molar-refractivity contribution in [2.75, 3.05) is 0 Å². The predicted octanol–water partition coefficient (Wildman–Crippen LogP) is 2.07. The first-order chi connectivity index (χ1) is 7.78. The summed E-state index contributed by atoms with van der Waals surface area (Å²) in [6.07, 6.45) is 3.08. The number of aromatic nitrogens is 2. The number of benzene rings is 1. The lowest BCUT2D eigenvalue weighted by molar-refractivity contribution is 0.280. The molecule has 0 bridgehead atoms. The number of hydrogen-bond donors (Lipinski definition) is 1. The van der Waals surface area contributed by atoms with Crippen molar-refractivity contribution in [2.45, 2.75) is 13.5 Å². The molecule has 2 rings (SSSR count). The Labute approximate surface area is 93.6 Å². The Hall–Kier alpha value is -1.94. The van der Waals surface area contributed by atoms with E-state index in [1.807, 2.05) is 31.2 Å². The van der Waals surface area contributed by atoms with Crippen molar-refractivity contribution in [3.63, 3.8) is 0 Å². The Morgan fingerprint density at radius 2 is 2.00 bits per heavy atom. The average molecular weight is 216 g/mol. The fourth-order valence-corrected chi connectivity index (χ4v) is 1.26. The van der Waals surface area contributed by atoms with Gasteiger partial charge in [-0.05, 0) is 24.6 Å². The zero-order chi connectivity index (χ0) is 11.4. The van der Waals surface area contributed by atoms with Crippen LogP contribution >= 0.6 is 0 Å². The standard InChI is InChI=1S/C12H12N2O2/c1-9-3-2-4-11(5-9)16-12-13-6-10(8-15)7-14-12/h2-7,15H,8H2,1H3. The molecule has 0 aliphatic carbocycles. The fourth-order valence-electron chi connectivity index (χ4n) is 1.26. The topological polar surface area (TPSA) is 55.2 Å². The monoisotopic (exact) mass is 216 g/mol. The maximum Gasteiger partial charge on any atom is 0.321 e. The molecule has 0 fully saturated rings. The molecule has 1 aromatic heterocycles. The number of rotatable bonds is 3. The summed E-state index contributed by atoms with van der Waals surface area (Å²) in [4.78, 5) is 7.96. The highest BCUT2D eigenvalue weighted by atomic mass is 16.5. The van der Waals surface area contributed by atoms with Crippen molar-refractivity contribution in [2.24, 2.45) is 0 Å². The third-order valence-electron chi connectivity index (χ3n) is 2.06. The van der Waals surface area contributed by atoms with Crippen LogP contribution in [0.5, 0.6) is 11.8 Å². The Morgan fingerprint density at radius 1 is 1.25 bits per heavy atom. The molecule has 1 heterocycles. The molecular weight excluding hydrogens is 204 g/mol. The first-order valence-corrected chi connectivity index (χ1v) is 4.94. The van der Waals surface area contributed by atoms with Crippen molar-refractivity contribution in [3.8, 4) is 11.8 Å². The second-order valence-corrected chi connectivity index (χ2v) is 3.45. The van der Waals surface area contributed by atoms with Crippen LogP contribution in [0.4, 0.5) is 0 Å². The van der Waals surface area contributed by atoms with Gasteiger partial charge in [-0.3, -0.25) is 0 Å². The molecule has 2 aromatic rings. The fraction of sp³-hybridized carbons (Fsp3) is 0.167. The summed E-state index contributed by atoms with van der Waals surface area (Å²) in [6, 6.07) is 7.93. The van der Waals surface area contributed by atoms with Crippen LogP contribution in [0, 0.1) is 6.92 Å². The number of aliphatic hydroxyl groups excluding tert-OH is 1. The molecule has 82 valence electrons. The number of aryl methyl sites for hydroxylation is 1. The molecule has 16 heavy (non-hydrogen) atoms. The summed E-state index contributed by atoms with van der Waals surface area (Å²) in [5, 5.41) is 8.83. The van der Waals surface area contributed by atoms with Gasteiger partial charge in [0.15, 0.2) is 0 Å². The minimum absolute atomic E-state index is 0.0648. The molecule has 0 aliphatic heterocycles. The van der Waals surface area contributed by atoms with E-state index in [-0.39, 0.29) is 12.6 Å². The van der Waals surface area contributed by atoms with Crippen LogP contribution in [0.1, 0.15) is 11.1 Å². The summed E-state index contributed by atoms with van der Waals surface area (Å²) in [6.45, 7) is 1.92. The van der Waals surface area contributed by atoms with Crippen molar-refractivity contribution < 1.29 is 9.84 Å². The molecular formula is C12H12N2O2. The average Bonchev–Trinajstić information content (AvgIpc) is 2.30. The minimum Gasteiger partial charge on any atom is -0.424 e. The molecule has 1 aromatic carbocycles. The molecule has 0 atom stereocenters. The molecule has 0 unspecified atom stereocenters. The lowest BCUT2D eigenvalue weighted by Crippen LogP contribution is -1.93. The quantitative estimate of drug-likeness (QED) is 0.853. The Kier molecular flexibility index (Phi) is 3.12. The molecule has 0 amide bonds. The molecule has 1 N–H and O–H groups in total. The maximum absolute atomic E-state index is 8.83. The van der Waals surface area contributed by atoms with E-state index in [1.54, 1.807) is 0 Å². The molecule has 0 saturated carbocycles. The van der Waals surface area contributed by atoms with Crippen LogP contribution in [-0.2, 0) is 6.61 Å². The predicted molar refractivity (Wildman–Crippen MR) is 59.2 cm³/mol. The summed E-state index contributed by atoms with van der Waals surface area (Å²) >= 11 is 0. The van der Waals surface area contributed by atoms with Crippen molar-refractivity contribution in [1.29, 1.82) is 0 Å². The first-order valence-electron chi connectivity index (χ1n) is 4.94. The van der Waals surface area contributed by atoms with Gasteiger partial charge >= 0.3 is 6.01 Å². The van der Waals surface area contributed by atoms with Gasteiger partial charge in [-0.1, -0.05) is 12.1 Å². The van der Waals surface area contributed by atoms with Gasteiger partial charge in [-0.2, -0.15) is 0 Å². The van der Waals surface area contributed by atoms with Gasteiger partial charge < -0.3 is 9.84 Å². The van der Waals surface area contributed by atoms with E-state index < -0.39 is 0 Å². The smallest absolute Gasteiger partial charge is 0.321 e. The van der Waals surface area contributed by atoms with Crippen molar-refractivity contribution >= 4 is 0 Å². The largest absolute Gasteiger partial charge is 0.424 e. The first kappa shape index (κ1) is 10.6. The van der Waals surface area contributed by atoms with Gasteiger partial charge in [0.25, 0.3) is 0 Å². The van der Waals surface area contributed by atoms with Gasteiger partial charge in [0.2, 0.25) is 0 Å². The summed E-state index contributed by atoms with van der Waals surface area (Å²) in [7, 11) is 0. The SMILES string of the molecule is Cc1cccc(Oc2ncc(CO)cn2)c1. The van der Waals surface area contributed by atoms with Crippen LogP contribution in [0.3, 0.4) is 0 Å². The molecule has 0 saturated heterocycles. The van der Waals surface area contributed by atoms with Crippen LogP contribution < -0.4 is 4.74 Å². The van der Waals surface area contributed by atoms with Crippen LogP contribution in [0.25, 0.3) is 0 Å². The second-order valence-electron chi connectivity index (χ2n) is 3.45. The van der Waals surface area contributed by atoms with Gasteiger partial charge in [0.1, 0.15) is 5.75 Å². The number of ether oxygens (including phenoxy) is 1. The Balaban J connectivity index is 2.14. The van der Waals surface area contributed by atoms with Crippen molar-refractivity contribution in [1.82, 2.24) is 9.97 Å². The van der Waals surface area contributed by atoms with Crippen molar-refractivity contribution in [3.05, 3.63) is 47.8 Å². The number of hydrogen-bond acceptors (Lipinski definition) is 4. The molecule has 0 aliphatic rings.